The second-order valence-corrected chi connectivity index (χ2v) is 8.39. The first-order valence-electron chi connectivity index (χ1n) is 10.9. The Morgan fingerprint density at radius 2 is 1.81 bits per heavy atom. The van der Waals surface area contributed by atoms with Gasteiger partial charge in [0.25, 0.3) is 0 Å². The number of nitrogens with zero attached hydrogens (tertiary/aromatic N) is 4. The Labute approximate surface area is 188 Å². The number of fused-ring (bicyclic) bond motifs is 1. The van der Waals surface area contributed by atoms with E-state index in [1.807, 2.05) is 50.1 Å². The van der Waals surface area contributed by atoms with Crippen LogP contribution in [-0.2, 0) is 0 Å². The predicted molar refractivity (Wildman–Crippen MR) is 129 cm³/mol. The quantitative estimate of drug-likeness (QED) is 0.385. The lowest BCUT2D eigenvalue weighted by atomic mass is 9.99. The molecule has 0 amide bonds. The number of furan rings is 1. The van der Waals surface area contributed by atoms with E-state index in [2.05, 4.69) is 71.0 Å². The fourth-order valence-corrected chi connectivity index (χ4v) is 4.33. The maximum absolute atomic E-state index is 5.65. The number of rotatable bonds is 4. The van der Waals surface area contributed by atoms with Gasteiger partial charge in [-0.05, 0) is 80.8 Å². The molecule has 32 heavy (non-hydrogen) atoms. The number of allylic oxidation sites excluding steroid dienone is 1. The van der Waals surface area contributed by atoms with E-state index in [1.54, 1.807) is 0 Å². The topological polar surface area (TPSA) is 54.5 Å². The van der Waals surface area contributed by atoms with Crippen molar-refractivity contribution in [1.29, 1.82) is 0 Å². The molecule has 160 valence electrons. The Balaban J connectivity index is 1.52. The number of benzene rings is 1. The molecule has 0 saturated carbocycles. The van der Waals surface area contributed by atoms with Crippen molar-refractivity contribution in [1.82, 2.24) is 14.9 Å². The standard InChI is InChI=1S/C27H26N4O/c1-17-16-32-27-8-7-21(12-25(17)27)26-9-10-29-20(4)31(26)19(3)23-11-24(14-28-13-23)22-6-5-18(2)30-15-22/h5-16,19-20H,1-4H3/t19-,20?/m0/s1. The third kappa shape index (κ3) is 3.60. The molecule has 0 saturated heterocycles. The molecule has 0 bridgehead atoms. The van der Waals surface area contributed by atoms with Crippen LogP contribution in [0.2, 0.25) is 0 Å². The van der Waals surface area contributed by atoms with Crippen LogP contribution in [0.5, 0.6) is 0 Å². The zero-order valence-electron chi connectivity index (χ0n) is 18.8. The van der Waals surface area contributed by atoms with Crippen molar-refractivity contribution < 1.29 is 4.42 Å². The Morgan fingerprint density at radius 1 is 0.969 bits per heavy atom. The molecule has 0 aliphatic carbocycles. The zero-order chi connectivity index (χ0) is 22.2. The number of hydrogen-bond donors (Lipinski definition) is 0. The van der Waals surface area contributed by atoms with Crippen LogP contribution in [0.15, 0.2) is 76.7 Å². The first-order valence-corrected chi connectivity index (χ1v) is 10.9. The first kappa shape index (κ1) is 20.2. The largest absolute Gasteiger partial charge is 0.464 e. The predicted octanol–water partition coefficient (Wildman–Crippen LogP) is 6.34. The van der Waals surface area contributed by atoms with Gasteiger partial charge in [-0.25, -0.2) is 0 Å². The number of aliphatic imine (C=N–C) groups is 1. The van der Waals surface area contributed by atoms with Crippen LogP contribution in [0.3, 0.4) is 0 Å². The Morgan fingerprint density at radius 3 is 2.62 bits per heavy atom. The summed E-state index contributed by atoms with van der Waals surface area (Å²) in [5, 5.41) is 1.14. The van der Waals surface area contributed by atoms with E-state index < -0.39 is 0 Å². The van der Waals surface area contributed by atoms with E-state index in [-0.39, 0.29) is 12.2 Å². The number of aryl methyl sites for hydroxylation is 2. The molecular weight excluding hydrogens is 396 g/mol. The molecule has 5 heteroatoms. The normalized spacial score (nSPS) is 16.9. The maximum atomic E-state index is 5.65. The molecular formula is C27H26N4O. The van der Waals surface area contributed by atoms with Gasteiger partial charge in [0, 0.05) is 52.7 Å². The minimum Gasteiger partial charge on any atom is -0.464 e. The second kappa shape index (κ2) is 8.08. The van der Waals surface area contributed by atoms with E-state index in [4.69, 9.17) is 4.42 Å². The van der Waals surface area contributed by atoms with E-state index in [9.17, 15) is 0 Å². The molecule has 5 rings (SSSR count). The molecule has 1 unspecified atom stereocenters. The minimum atomic E-state index is 0.0100. The molecule has 3 aromatic heterocycles. The highest BCUT2D eigenvalue weighted by Crippen LogP contribution is 2.36. The summed E-state index contributed by atoms with van der Waals surface area (Å²) in [6, 6.07) is 12.8. The Kier molecular flexibility index (Phi) is 5.10. The molecule has 0 radical (unpaired) electrons. The van der Waals surface area contributed by atoms with Crippen molar-refractivity contribution in [2.24, 2.45) is 4.99 Å². The summed E-state index contributed by atoms with van der Waals surface area (Å²) < 4.78 is 5.65. The number of hydrogen-bond acceptors (Lipinski definition) is 5. The van der Waals surface area contributed by atoms with E-state index in [0.29, 0.717) is 0 Å². The van der Waals surface area contributed by atoms with Gasteiger partial charge < -0.3 is 9.32 Å². The zero-order valence-corrected chi connectivity index (χ0v) is 18.8. The number of aromatic nitrogens is 2. The molecule has 0 spiro atoms. The van der Waals surface area contributed by atoms with Crippen molar-refractivity contribution in [3.05, 3.63) is 89.7 Å². The van der Waals surface area contributed by atoms with Gasteiger partial charge in [0.05, 0.1) is 12.3 Å². The average molecular weight is 423 g/mol. The van der Waals surface area contributed by atoms with Crippen molar-refractivity contribution in [2.45, 2.75) is 39.9 Å². The fraction of sp³-hybridized carbons (Fsp3) is 0.222. The fourth-order valence-electron chi connectivity index (χ4n) is 4.33. The Bertz CT molecular complexity index is 1330. The van der Waals surface area contributed by atoms with Gasteiger partial charge in [0.1, 0.15) is 11.7 Å². The smallest absolute Gasteiger partial charge is 0.134 e. The summed E-state index contributed by atoms with van der Waals surface area (Å²) in [5.41, 5.74) is 8.62. The summed E-state index contributed by atoms with van der Waals surface area (Å²) >= 11 is 0. The molecule has 1 aliphatic heterocycles. The molecule has 5 nitrogen and oxygen atoms in total. The second-order valence-electron chi connectivity index (χ2n) is 8.39. The van der Waals surface area contributed by atoms with Gasteiger partial charge in [-0.1, -0.05) is 6.07 Å². The van der Waals surface area contributed by atoms with Crippen LogP contribution in [-0.4, -0.2) is 27.2 Å². The third-order valence-corrected chi connectivity index (χ3v) is 6.18. The lowest BCUT2D eigenvalue weighted by Crippen LogP contribution is -2.35. The lowest BCUT2D eigenvalue weighted by molar-refractivity contribution is 0.252. The molecule has 2 atom stereocenters. The van der Waals surface area contributed by atoms with Crippen LogP contribution in [0.1, 0.15) is 42.3 Å². The number of pyridine rings is 2. The monoisotopic (exact) mass is 422 g/mol. The minimum absolute atomic E-state index is 0.0100. The summed E-state index contributed by atoms with van der Waals surface area (Å²) in [4.78, 5) is 16.0. The highest BCUT2D eigenvalue weighted by molar-refractivity contribution is 5.90. The molecule has 4 heterocycles. The average Bonchev–Trinajstić information content (AvgIpc) is 3.19. The highest BCUT2D eigenvalue weighted by Gasteiger charge is 2.27. The van der Waals surface area contributed by atoms with Crippen LogP contribution in [0.4, 0.5) is 0 Å². The van der Waals surface area contributed by atoms with E-state index in [1.165, 1.54) is 0 Å². The Hall–Kier alpha value is -3.73. The van der Waals surface area contributed by atoms with Gasteiger partial charge in [0.15, 0.2) is 0 Å². The van der Waals surface area contributed by atoms with Gasteiger partial charge in [-0.15, -0.1) is 0 Å². The van der Waals surface area contributed by atoms with Crippen molar-refractivity contribution in [2.75, 3.05) is 0 Å². The molecule has 0 fully saturated rings. The summed E-state index contributed by atoms with van der Waals surface area (Å²) in [6.07, 6.45) is 11.6. The van der Waals surface area contributed by atoms with Gasteiger partial charge in [0.2, 0.25) is 0 Å². The van der Waals surface area contributed by atoms with Gasteiger partial charge in [-0.3, -0.25) is 15.0 Å². The summed E-state index contributed by atoms with van der Waals surface area (Å²) in [7, 11) is 0. The highest BCUT2D eigenvalue weighted by atomic mass is 16.3. The molecule has 1 aromatic carbocycles. The van der Waals surface area contributed by atoms with E-state index in [0.717, 1.165) is 50.2 Å². The first-order chi connectivity index (χ1) is 15.5. The lowest BCUT2D eigenvalue weighted by Gasteiger charge is -2.38. The maximum Gasteiger partial charge on any atom is 0.134 e. The SMILES string of the molecule is Cc1ccc(-c2cncc([C@H](C)N3C(c4ccc5occ(C)c5c4)=CC=NC3C)c2)cn1. The van der Waals surface area contributed by atoms with Crippen molar-refractivity contribution in [3.63, 3.8) is 0 Å². The van der Waals surface area contributed by atoms with Crippen LogP contribution in [0, 0.1) is 13.8 Å². The van der Waals surface area contributed by atoms with Crippen molar-refractivity contribution >= 4 is 22.9 Å². The summed E-state index contributed by atoms with van der Waals surface area (Å²) in [6.45, 7) is 8.41. The molecule has 4 aromatic rings. The third-order valence-electron chi connectivity index (χ3n) is 6.18. The van der Waals surface area contributed by atoms with Crippen molar-refractivity contribution in [3.8, 4) is 11.1 Å². The molecule has 0 N–H and O–H groups in total. The molecule has 1 aliphatic rings. The van der Waals surface area contributed by atoms with Gasteiger partial charge in [-0.2, -0.15) is 0 Å². The summed E-state index contributed by atoms with van der Waals surface area (Å²) in [5.74, 6) is 0. The van der Waals surface area contributed by atoms with Crippen LogP contribution < -0.4 is 0 Å². The van der Waals surface area contributed by atoms with Crippen LogP contribution in [0.25, 0.3) is 27.8 Å². The van der Waals surface area contributed by atoms with Crippen LogP contribution >= 0.6 is 0 Å². The van der Waals surface area contributed by atoms with Gasteiger partial charge >= 0.3 is 0 Å². The van der Waals surface area contributed by atoms with E-state index >= 15 is 0 Å².